The van der Waals surface area contributed by atoms with Gasteiger partial charge in [-0.1, -0.05) is 48.5 Å². The summed E-state index contributed by atoms with van der Waals surface area (Å²) in [4.78, 5) is 24.3. The van der Waals surface area contributed by atoms with Crippen molar-refractivity contribution in [1.82, 2.24) is 0 Å². The molecule has 0 spiro atoms. The Balaban J connectivity index is 4.74. The molecule has 1 atom stereocenters. The van der Waals surface area contributed by atoms with Crippen LogP contribution >= 0.6 is 0 Å². The summed E-state index contributed by atoms with van der Waals surface area (Å²) < 4.78 is 10.5. The average molecular weight is 300 g/mol. The van der Waals surface area contributed by atoms with E-state index in [0.29, 0.717) is 25.6 Å². The van der Waals surface area contributed by atoms with E-state index in [1.807, 2.05) is 34.6 Å². The van der Waals surface area contributed by atoms with Gasteiger partial charge in [0.2, 0.25) is 0 Å². The predicted molar refractivity (Wildman–Crippen MR) is 83.7 cm³/mol. The summed E-state index contributed by atoms with van der Waals surface area (Å²) in [7, 11) is 0. The highest BCUT2D eigenvalue weighted by Crippen LogP contribution is 2.22. The van der Waals surface area contributed by atoms with Crippen molar-refractivity contribution in [2.75, 3.05) is 13.2 Å². The largest absolute Gasteiger partial charge is 0.465 e. The van der Waals surface area contributed by atoms with Gasteiger partial charge in [-0.3, -0.25) is 9.59 Å². The molecular weight excluding hydrogens is 268 g/mol. The Hall–Kier alpha value is -1.06. The first kappa shape index (κ1) is 19.9. The van der Waals surface area contributed by atoms with Crippen LogP contribution in [0.1, 0.15) is 54.9 Å². The van der Waals surface area contributed by atoms with Crippen molar-refractivity contribution in [3.05, 3.63) is 0 Å². The Labute approximate surface area is 129 Å². The van der Waals surface area contributed by atoms with E-state index < -0.39 is 17.9 Å². The molecule has 21 heavy (non-hydrogen) atoms. The molecule has 0 radical (unpaired) electrons. The summed E-state index contributed by atoms with van der Waals surface area (Å²) in [6.07, 6.45) is 0.478. The molecule has 0 aromatic rings. The monoisotopic (exact) mass is 300 g/mol. The van der Waals surface area contributed by atoms with Crippen molar-refractivity contribution < 1.29 is 19.1 Å². The smallest absolute Gasteiger partial charge is 0.320 e. The number of ether oxygens (including phenoxy) is 2. The second-order valence-corrected chi connectivity index (χ2v) is 7.06. The zero-order valence-corrected chi connectivity index (χ0v) is 14.6. The van der Waals surface area contributed by atoms with Crippen molar-refractivity contribution >= 4 is 11.9 Å². The van der Waals surface area contributed by atoms with E-state index in [4.69, 9.17) is 9.47 Å². The number of carbonyl (C=O) groups excluding carboxylic acids is 2. The van der Waals surface area contributed by atoms with Gasteiger partial charge in [0.05, 0.1) is 13.2 Å². The van der Waals surface area contributed by atoms with Crippen LogP contribution < -0.4 is 0 Å². The molecule has 4 heteroatoms. The quantitative estimate of drug-likeness (QED) is 0.481. The van der Waals surface area contributed by atoms with Crippen molar-refractivity contribution in [2.24, 2.45) is 29.6 Å². The van der Waals surface area contributed by atoms with Crippen LogP contribution in [0.2, 0.25) is 0 Å². The molecule has 0 amide bonds. The van der Waals surface area contributed by atoms with E-state index in [1.165, 1.54) is 0 Å². The van der Waals surface area contributed by atoms with Gasteiger partial charge in [0.15, 0.2) is 5.92 Å². The van der Waals surface area contributed by atoms with Crippen LogP contribution in [-0.4, -0.2) is 25.2 Å². The number of carbonyl (C=O) groups is 2. The number of hydrogen-bond acceptors (Lipinski definition) is 4. The fourth-order valence-corrected chi connectivity index (χ4v) is 1.63. The van der Waals surface area contributed by atoms with Gasteiger partial charge in [0.1, 0.15) is 0 Å². The minimum Gasteiger partial charge on any atom is -0.465 e. The molecule has 0 aromatic carbocycles. The maximum absolute atomic E-state index is 12.2. The summed E-state index contributed by atoms with van der Waals surface area (Å²) in [6.45, 7) is 14.8. The normalized spacial score (nSPS) is 13.1. The Bertz CT molecular complexity index is 297. The van der Waals surface area contributed by atoms with E-state index in [-0.39, 0.29) is 17.8 Å². The molecule has 0 saturated heterocycles. The molecule has 0 aliphatic rings. The first-order valence-corrected chi connectivity index (χ1v) is 7.98. The van der Waals surface area contributed by atoms with Gasteiger partial charge < -0.3 is 9.47 Å². The topological polar surface area (TPSA) is 52.6 Å². The lowest BCUT2D eigenvalue weighted by molar-refractivity contribution is -0.164. The second kappa shape index (κ2) is 9.80. The number of rotatable bonds is 9. The fourth-order valence-electron chi connectivity index (χ4n) is 1.63. The van der Waals surface area contributed by atoms with Crippen LogP contribution in [-0.2, 0) is 19.1 Å². The molecule has 1 unspecified atom stereocenters. The lowest BCUT2D eigenvalue weighted by atomic mass is 9.88. The summed E-state index contributed by atoms with van der Waals surface area (Å²) in [6, 6.07) is 0. The van der Waals surface area contributed by atoms with E-state index >= 15 is 0 Å². The molecule has 124 valence electrons. The SMILES string of the molecule is CC(C)COC(=O)C(CC(C)C(C)C)C(=O)OCC(C)C. The zero-order chi connectivity index (χ0) is 16.6. The lowest BCUT2D eigenvalue weighted by Gasteiger charge is -2.22. The van der Waals surface area contributed by atoms with E-state index in [9.17, 15) is 9.59 Å². The predicted octanol–water partition coefficient (Wildman–Crippen LogP) is 3.68. The summed E-state index contributed by atoms with van der Waals surface area (Å²) in [5.41, 5.74) is 0. The first-order chi connectivity index (χ1) is 9.65. The van der Waals surface area contributed by atoms with E-state index in [2.05, 4.69) is 13.8 Å². The highest BCUT2D eigenvalue weighted by molar-refractivity contribution is 5.94. The van der Waals surface area contributed by atoms with Crippen molar-refractivity contribution in [3.63, 3.8) is 0 Å². The summed E-state index contributed by atoms with van der Waals surface area (Å²) in [5, 5.41) is 0. The van der Waals surface area contributed by atoms with Gasteiger partial charge >= 0.3 is 11.9 Å². The number of hydrogen-bond donors (Lipinski definition) is 0. The standard InChI is InChI=1S/C17H32O4/c1-11(2)9-20-16(18)15(8-14(7)13(5)6)17(19)21-10-12(3)4/h11-15H,8-10H2,1-7H3. The van der Waals surface area contributed by atoms with Crippen molar-refractivity contribution in [2.45, 2.75) is 54.9 Å². The molecule has 0 saturated carbocycles. The van der Waals surface area contributed by atoms with Gasteiger partial charge in [-0.05, 0) is 30.1 Å². The molecule has 0 fully saturated rings. The van der Waals surface area contributed by atoms with Crippen LogP contribution in [0.3, 0.4) is 0 Å². The van der Waals surface area contributed by atoms with Crippen LogP contribution in [0.5, 0.6) is 0 Å². The highest BCUT2D eigenvalue weighted by Gasteiger charge is 2.32. The molecule has 0 bridgehead atoms. The third-order valence-corrected chi connectivity index (χ3v) is 3.43. The first-order valence-electron chi connectivity index (χ1n) is 7.98. The molecule has 0 aromatic heterocycles. The Morgan fingerprint density at radius 1 is 0.762 bits per heavy atom. The van der Waals surface area contributed by atoms with E-state index in [0.717, 1.165) is 0 Å². The molecule has 0 aliphatic heterocycles. The van der Waals surface area contributed by atoms with Crippen LogP contribution in [0, 0.1) is 29.6 Å². The maximum Gasteiger partial charge on any atom is 0.320 e. The summed E-state index contributed by atoms with van der Waals surface area (Å²) in [5.74, 6) is -0.543. The minimum absolute atomic E-state index is 0.254. The molecule has 0 heterocycles. The maximum atomic E-state index is 12.2. The van der Waals surface area contributed by atoms with Crippen LogP contribution in [0.15, 0.2) is 0 Å². The molecule has 0 rings (SSSR count). The van der Waals surface area contributed by atoms with Crippen LogP contribution in [0.4, 0.5) is 0 Å². The number of esters is 2. The Kier molecular flexibility index (Phi) is 9.31. The second-order valence-electron chi connectivity index (χ2n) is 7.06. The molecule has 4 nitrogen and oxygen atoms in total. The van der Waals surface area contributed by atoms with Gasteiger partial charge in [-0.15, -0.1) is 0 Å². The van der Waals surface area contributed by atoms with Gasteiger partial charge in [-0.25, -0.2) is 0 Å². The molecule has 0 aliphatic carbocycles. The third kappa shape index (κ3) is 8.74. The fraction of sp³-hybridized carbons (Fsp3) is 0.882. The minimum atomic E-state index is -0.806. The molecular formula is C17H32O4. The third-order valence-electron chi connectivity index (χ3n) is 3.43. The van der Waals surface area contributed by atoms with Crippen molar-refractivity contribution in [1.29, 1.82) is 0 Å². The van der Waals surface area contributed by atoms with Gasteiger partial charge in [0, 0.05) is 0 Å². The zero-order valence-electron chi connectivity index (χ0n) is 14.6. The summed E-state index contributed by atoms with van der Waals surface area (Å²) >= 11 is 0. The average Bonchev–Trinajstić information content (AvgIpc) is 2.38. The van der Waals surface area contributed by atoms with Crippen molar-refractivity contribution in [3.8, 4) is 0 Å². The van der Waals surface area contributed by atoms with Gasteiger partial charge in [-0.2, -0.15) is 0 Å². The molecule has 0 N–H and O–H groups in total. The lowest BCUT2D eigenvalue weighted by Crippen LogP contribution is -2.32. The van der Waals surface area contributed by atoms with E-state index in [1.54, 1.807) is 0 Å². The Morgan fingerprint density at radius 2 is 1.14 bits per heavy atom. The van der Waals surface area contributed by atoms with Crippen LogP contribution in [0.25, 0.3) is 0 Å². The van der Waals surface area contributed by atoms with Gasteiger partial charge in [0.25, 0.3) is 0 Å². The highest BCUT2D eigenvalue weighted by atomic mass is 16.6. The Morgan fingerprint density at radius 3 is 1.43 bits per heavy atom.